The molecule has 2 aromatic rings. The van der Waals surface area contributed by atoms with Crippen LogP contribution < -0.4 is 5.32 Å². The standard InChI is InChI=1S/C19H28ClN5O2/c1-3-15(22-17-13-16(4-2)23-18(20)24-17)9-7-5-6-8-12-27-19(26)25-11-10-21-14-25/h10-11,13-15H,3-9,12H2,1-2H3,(H,22,23,24). The Bertz CT molecular complexity index is 693. The van der Waals surface area contributed by atoms with Crippen LogP contribution in [0.25, 0.3) is 0 Å². The normalized spacial score (nSPS) is 12.0. The lowest BCUT2D eigenvalue weighted by atomic mass is 10.1. The molecule has 7 nitrogen and oxygen atoms in total. The number of carbonyl (C=O) groups excluding carboxylic acids is 1. The van der Waals surface area contributed by atoms with Crippen molar-refractivity contribution < 1.29 is 9.53 Å². The van der Waals surface area contributed by atoms with E-state index >= 15 is 0 Å². The summed E-state index contributed by atoms with van der Waals surface area (Å²) in [5.74, 6) is 0.796. The number of rotatable bonds is 11. The summed E-state index contributed by atoms with van der Waals surface area (Å²) in [5.41, 5.74) is 0.942. The molecule has 0 bridgehead atoms. The van der Waals surface area contributed by atoms with Gasteiger partial charge in [-0.3, -0.25) is 0 Å². The van der Waals surface area contributed by atoms with Crippen LogP contribution in [-0.2, 0) is 11.2 Å². The molecule has 0 aliphatic rings. The number of aryl methyl sites for hydroxylation is 1. The molecule has 0 saturated heterocycles. The third-order valence-electron chi connectivity index (χ3n) is 4.35. The Morgan fingerprint density at radius 2 is 2.07 bits per heavy atom. The van der Waals surface area contributed by atoms with Crippen molar-refractivity contribution in [3.05, 3.63) is 35.8 Å². The van der Waals surface area contributed by atoms with Crippen LogP contribution in [0.3, 0.4) is 0 Å². The van der Waals surface area contributed by atoms with Gasteiger partial charge in [-0.25, -0.2) is 24.3 Å². The minimum absolute atomic E-state index is 0.289. The van der Waals surface area contributed by atoms with Gasteiger partial charge in [-0.05, 0) is 37.3 Å². The Morgan fingerprint density at radius 1 is 1.26 bits per heavy atom. The molecule has 0 saturated carbocycles. The highest BCUT2D eigenvalue weighted by molar-refractivity contribution is 6.28. The first kappa shape index (κ1) is 21.2. The van der Waals surface area contributed by atoms with Gasteiger partial charge >= 0.3 is 6.09 Å². The second kappa shape index (κ2) is 11.5. The zero-order valence-electron chi connectivity index (χ0n) is 16.0. The predicted octanol–water partition coefficient (Wildman–Crippen LogP) is 4.71. The van der Waals surface area contributed by atoms with Crippen molar-refractivity contribution in [2.24, 2.45) is 0 Å². The fourth-order valence-corrected chi connectivity index (χ4v) is 2.95. The smallest absolute Gasteiger partial charge is 0.419 e. The van der Waals surface area contributed by atoms with Gasteiger partial charge in [0, 0.05) is 30.2 Å². The molecule has 2 rings (SSSR count). The van der Waals surface area contributed by atoms with E-state index in [2.05, 4.69) is 27.2 Å². The van der Waals surface area contributed by atoms with E-state index in [0.717, 1.165) is 56.5 Å². The SMILES string of the molecule is CCc1cc(NC(CC)CCCCCCOC(=O)n2ccnc2)nc(Cl)n1. The monoisotopic (exact) mass is 393 g/mol. The van der Waals surface area contributed by atoms with Gasteiger partial charge in [-0.2, -0.15) is 0 Å². The molecule has 27 heavy (non-hydrogen) atoms. The number of imidazole rings is 1. The molecule has 8 heteroatoms. The van der Waals surface area contributed by atoms with Crippen LogP contribution in [0.2, 0.25) is 5.28 Å². The van der Waals surface area contributed by atoms with E-state index in [-0.39, 0.29) is 11.4 Å². The van der Waals surface area contributed by atoms with Gasteiger partial charge in [-0.15, -0.1) is 0 Å². The first-order valence-electron chi connectivity index (χ1n) is 9.57. The largest absolute Gasteiger partial charge is 0.449 e. The summed E-state index contributed by atoms with van der Waals surface area (Å²) in [4.78, 5) is 23.9. The Morgan fingerprint density at radius 3 is 2.78 bits per heavy atom. The van der Waals surface area contributed by atoms with Crippen molar-refractivity contribution in [2.45, 2.75) is 64.8 Å². The average Bonchev–Trinajstić information content (AvgIpc) is 3.20. The lowest BCUT2D eigenvalue weighted by molar-refractivity contribution is 0.145. The molecular weight excluding hydrogens is 366 g/mol. The topological polar surface area (TPSA) is 81.9 Å². The van der Waals surface area contributed by atoms with Crippen molar-refractivity contribution in [1.82, 2.24) is 19.5 Å². The molecule has 0 spiro atoms. The predicted molar refractivity (Wildman–Crippen MR) is 106 cm³/mol. The second-order valence-electron chi connectivity index (χ2n) is 6.40. The number of nitrogens with zero attached hydrogens (tertiary/aromatic N) is 4. The maximum absolute atomic E-state index is 11.6. The molecule has 1 N–H and O–H groups in total. The third-order valence-corrected chi connectivity index (χ3v) is 4.52. The van der Waals surface area contributed by atoms with Crippen molar-refractivity contribution in [3.8, 4) is 0 Å². The second-order valence-corrected chi connectivity index (χ2v) is 6.74. The molecule has 148 valence electrons. The summed E-state index contributed by atoms with van der Waals surface area (Å²) in [6, 6.07) is 2.32. The van der Waals surface area contributed by atoms with E-state index in [1.54, 1.807) is 12.4 Å². The number of anilines is 1. The summed E-state index contributed by atoms with van der Waals surface area (Å²) in [6.07, 6.45) is 11.2. The van der Waals surface area contributed by atoms with Gasteiger partial charge in [0.1, 0.15) is 12.1 Å². The van der Waals surface area contributed by atoms with Crippen molar-refractivity contribution >= 4 is 23.5 Å². The molecule has 0 amide bonds. The van der Waals surface area contributed by atoms with Crippen LogP contribution in [-0.4, -0.2) is 38.3 Å². The van der Waals surface area contributed by atoms with E-state index in [0.29, 0.717) is 12.6 Å². The van der Waals surface area contributed by atoms with Crippen LogP contribution in [0.1, 0.15) is 58.1 Å². The molecule has 1 atom stereocenters. The van der Waals surface area contributed by atoms with Gasteiger partial charge in [0.05, 0.1) is 6.61 Å². The van der Waals surface area contributed by atoms with E-state index in [9.17, 15) is 4.79 Å². The van der Waals surface area contributed by atoms with Crippen LogP contribution in [0.4, 0.5) is 10.6 Å². The van der Waals surface area contributed by atoms with Crippen LogP contribution in [0.15, 0.2) is 24.8 Å². The van der Waals surface area contributed by atoms with Gasteiger partial charge < -0.3 is 10.1 Å². The molecule has 0 radical (unpaired) electrons. The lowest BCUT2D eigenvalue weighted by Crippen LogP contribution is -2.19. The highest BCUT2D eigenvalue weighted by Gasteiger charge is 2.09. The molecular formula is C19H28ClN5O2. The number of aromatic nitrogens is 4. The number of nitrogens with one attached hydrogen (secondary N) is 1. The third kappa shape index (κ3) is 7.54. The average molecular weight is 394 g/mol. The molecule has 2 heterocycles. The molecule has 0 aliphatic heterocycles. The number of unbranched alkanes of at least 4 members (excludes halogenated alkanes) is 3. The van der Waals surface area contributed by atoms with Gasteiger partial charge in [-0.1, -0.05) is 33.1 Å². The number of halogens is 1. The summed E-state index contributed by atoms with van der Waals surface area (Å²) < 4.78 is 6.53. The van der Waals surface area contributed by atoms with E-state index in [4.69, 9.17) is 16.3 Å². The Balaban J connectivity index is 1.60. The number of hydrogen-bond acceptors (Lipinski definition) is 6. The van der Waals surface area contributed by atoms with Gasteiger partial charge in [0.15, 0.2) is 0 Å². The fraction of sp³-hybridized carbons (Fsp3) is 0.579. The Kier molecular flexibility index (Phi) is 9.04. The van der Waals surface area contributed by atoms with Crippen molar-refractivity contribution in [1.29, 1.82) is 0 Å². The van der Waals surface area contributed by atoms with E-state index in [1.165, 1.54) is 10.9 Å². The Hall–Kier alpha value is -2.15. The highest BCUT2D eigenvalue weighted by Crippen LogP contribution is 2.16. The summed E-state index contributed by atoms with van der Waals surface area (Å²) in [6.45, 7) is 4.65. The zero-order valence-corrected chi connectivity index (χ0v) is 16.8. The first-order valence-corrected chi connectivity index (χ1v) is 9.95. The summed E-state index contributed by atoms with van der Waals surface area (Å²) in [7, 11) is 0. The van der Waals surface area contributed by atoms with E-state index < -0.39 is 0 Å². The van der Waals surface area contributed by atoms with Gasteiger partial charge in [0.2, 0.25) is 5.28 Å². The zero-order chi connectivity index (χ0) is 19.5. The van der Waals surface area contributed by atoms with Crippen LogP contribution in [0.5, 0.6) is 0 Å². The number of ether oxygens (including phenoxy) is 1. The molecule has 0 aromatic carbocycles. The summed E-state index contributed by atoms with van der Waals surface area (Å²) >= 11 is 5.98. The van der Waals surface area contributed by atoms with Crippen LogP contribution >= 0.6 is 11.6 Å². The van der Waals surface area contributed by atoms with Gasteiger partial charge in [0.25, 0.3) is 0 Å². The van der Waals surface area contributed by atoms with Crippen molar-refractivity contribution in [2.75, 3.05) is 11.9 Å². The number of carbonyl (C=O) groups is 1. The maximum atomic E-state index is 11.6. The number of hydrogen-bond donors (Lipinski definition) is 1. The lowest BCUT2D eigenvalue weighted by Gasteiger charge is -2.18. The quantitative estimate of drug-likeness (QED) is 0.439. The Labute approximate surface area is 165 Å². The maximum Gasteiger partial charge on any atom is 0.419 e. The van der Waals surface area contributed by atoms with E-state index in [1.807, 2.05) is 13.0 Å². The molecule has 0 fully saturated rings. The van der Waals surface area contributed by atoms with Crippen LogP contribution in [0, 0.1) is 0 Å². The summed E-state index contributed by atoms with van der Waals surface area (Å²) in [5, 5.41) is 3.75. The highest BCUT2D eigenvalue weighted by atomic mass is 35.5. The molecule has 0 aliphatic carbocycles. The minimum Gasteiger partial charge on any atom is -0.449 e. The fourth-order valence-electron chi connectivity index (χ4n) is 2.76. The molecule has 1 unspecified atom stereocenters. The molecule has 2 aromatic heterocycles. The minimum atomic E-state index is -0.377. The first-order chi connectivity index (χ1) is 13.1. The van der Waals surface area contributed by atoms with Crippen molar-refractivity contribution in [3.63, 3.8) is 0 Å².